The van der Waals surface area contributed by atoms with E-state index in [-0.39, 0.29) is 6.29 Å². The Bertz CT molecular complexity index is 106. The molecule has 0 unspecified atom stereocenters. The van der Waals surface area contributed by atoms with Gasteiger partial charge >= 0.3 is 0 Å². The van der Waals surface area contributed by atoms with Crippen molar-refractivity contribution in [2.45, 2.75) is 25.1 Å². The molecule has 0 amide bonds. The van der Waals surface area contributed by atoms with Crippen molar-refractivity contribution in [2.24, 2.45) is 0 Å². The molecule has 1 aliphatic rings. The van der Waals surface area contributed by atoms with Crippen LogP contribution in [0, 0.1) is 0 Å². The van der Waals surface area contributed by atoms with Crippen molar-refractivity contribution >= 4 is 0 Å². The molecule has 1 fully saturated rings. The number of hydrogen-bond acceptors (Lipinski definition) is 4. The smallest absolute Gasteiger partial charge is 0.186 e. The van der Waals surface area contributed by atoms with Gasteiger partial charge in [0, 0.05) is 20.6 Å². The Kier molecular flexibility index (Phi) is 2.62. The average molecular weight is 148 g/mol. The molecule has 4 nitrogen and oxygen atoms in total. The van der Waals surface area contributed by atoms with Crippen LogP contribution in [0.15, 0.2) is 0 Å². The first-order valence-corrected chi connectivity index (χ1v) is 3.17. The molecule has 3 atom stereocenters. The number of aliphatic hydroxyl groups is 1. The molecule has 0 spiro atoms. The van der Waals surface area contributed by atoms with Crippen LogP contribution in [-0.4, -0.2) is 38.0 Å². The molecule has 10 heavy (non-hydrogen) atoms. The van der Waals surface area contributed by atoms with Crippen molar-refractivity contribution in [3.8, 4) is 0 Å². The highest BCUT2D eigenvalue weighted by Crippen LogP contribution is 2.20. The molecule has 0 radical (unpaired) electrons. The summed E-state index contributed by atoms with van der Waals surface area (Å²) in [7, 11) is 3.03. The summed E-state index contributed by atoms with van der Waals surface area (Å²) in [5.74, 6) is 0. The lowest BCUT2D eigenvalue weighted by molar-refractivity contribution is -0.199. The van der Waals surface area contributed by atoms with Crippen molar-refractivity contribution in [1.82, 2.24) is 0 Å². The Morgan fingerprint density at radius 1 is 1.40 bits per heavy atom. The van der Waals surface area contributed by atoms with E-state index in [1.54, 1.807) is 0 Å². The van der Waals surface area contributed by atoms with Gasteiger partial charge in [-0.15, -0.1) is 0 Å². The number of rotatable bonds is 2. The van der Waals surface area contributed by atoms with E-state index >= 15 is 0 Å². The first-order valence-electron chi connectivity index (χ1n) is 3.17. The van der Waals surface area contributed by atoms with E-state index in [0.29, 0.717) is 6.42 Å². The molecular weight excluding hydrogens is 136 g/mol. The van der Waals surface area contributed by atoms with Crippen LogP contribution in [0.25, 0.3) is 0 Å². The van der Waals surface area contributed by atoms with Crippen LogP contribution < -0.4 is 0 Å². The summed E-state index contributed by atoms with van der Waals surface area (Å²) in [5, 5.41) is 9.16. The summed E-state index contributed by atoms with van der Waals surface area (Å²) in [4.78, 5) is 0. The number of ether oxygens (including phenoxy) is 3. The maximum Gasteiger partial charge on any atom is 0.186 e. The van der Waals surface area contributed by atoms with Crippen LogP contribution in [0.3, 0.4) is 0 Å². The Morgan fingerprint density at radius 2 is 2.10 bits per heavy atom. The zero-order valence-electron chi connectivity index (χ0n) is 6.11. The first kappa shape index (κ1) is 7.94. The van der Waals surface area contributed by atoms with Gasteiger partial charge in [0.05, 0.1) is 0 Å². The molecule has 0 aromatic carbocycles. The van der Waals surface area contributed by atoms with E-state index in [9.17, 15) is 0 Å². The zero-order chi connectivity index (χ0) is 7.56. The molecule has 1 heterocycles. The molecule has 60 valence electrons. The lowest BCUT2D eigenvalue weighted by Crippen LogP contribution is -2.22. The van der Waals surface area contributed by atoms with Gasteiger partial charge in [-0.1, -0.05) is 0 Å². The SMILES string of the molecule is CO[C@@H]1C[C@H](O)[C@@H](OC)O1. The van der Waals surface area contributed by atoms with Gasteiger partial charge in [-0.3, -0.25) is 0 Å². The Hall–Kier alpha value is -0.160. The highest BCUT2D eigenvalue weighted by atomic mass is 16.8. The van der Waals surface area contributed by atoms with Gasteiger partial charge in [-0.05, 0) is 0 Å². The molecule has 0 aromatic heterocycles. The standard InChI is InChI=1S/C6H12O4/c1-8-5-3-4(7)6(9-2)10-5/h4-7H,3H2,1-2H3/t4-,5-,6-/m0/s1. The zero-order valence-corrected chi connectivity index (χ0v) is 6.11. The third kappa shape index (κ3) is 1.46. The summed E-state index contributed by atoms with van der Waals surface area (Å²) >= 11 is 0. The molecule has 4 heteroatoms. The first-order chi connectivity index (χ1) is 4.77. The third-order valence-corrected chi connectivity index (χ3v) is 1.53. The lowest BCUT2D eigenvalue weighted by Gasteiger charge is -2.10. The summed E-state index contributed by atoms with van der Waals surface area (Å²) in [6, 6.07) is 0. The summed E-state index contributed by atoms with van der Waals surface area (Å²) in [6.45, 7) is 0. The predicted octanol–water partition coefficient (Wildman–Crippen LogP) is -0.287. The van der Waals surface area contributed by atoms with Gasteiger partial charge in [0.1, 0.15) is 6.10 Å². The Morgan fingerprint density at radius 3 is 2.40 bits per heavy atom. The van der Waals surface area contributed by atoms with Crippen LogP contribution in [0.5, 0.6) is 0 Å². The van der Waals surface area contributed by atoms with Crippen molar-refractivity contribution < 1.29 is 19.3 Å². The fraction of sp³-hybridized carbons (Fsp3) is 1.00. The van der Waals surface area contributed by atoms with Crippen LogP contribution in [-0.2, 0) is 14.2 Å². The molecule has 1 aliphatic heterocycles. The van der Waals surface area contributed by atoms with Gasteiger partial charge < -0.3 is 19.3 Å². The van der Waals surface area contributed by atoms with Gasteiger partial charge in [0.2, 0.25) is 0 Å². The number of methoxy groups -OCH3 is 2. The fourth-order valence-electron chi connectivity index (χ4n) is 0.969. The topological polar surface area (TPSA) is 47.9 Å². The highest BCUT2D eigenvalue weighted by Gasteiger charge is 2.33. The maximum absolute atomic E-state index is 9.16. The van der Waals surface area contributed by atoms with E-state index in [2.05, 4.69) is 0 Å². The van der Waals surface area contributed by atoms with E-state index in [0.717, 1.165) is 0 Å². The van der Waals surface area contributed by atoms with Crippen molar-refractivity contribution in [2.75, 3.05) is 14.2 Å². The summed E-state index contributed by atoms with van der Waals surface area (Å²) in [6.07, 6.45) is -0.922. The quantitative estimate of drug-likeness (QED) is 0.584. The van der Waals surface area contributed by atoms with E-state index in [4.69, 9.17) is 19.3 Å². The molecule has 0 bridgehead atoms. The summed E-state index contributed by atoms with van der Waals surface area (Å²) in [5.41, 5.74) is 0. The second-order valence-electron chi connectivity index (χ2n) is 2.21. The predicted molar refractivity (Wildman–Crippen MR) is 33.3 cm³/mol. The minimum Gasteiger partial charge on any atom is -0.388 e. The molecule has 0 saturated carbocycles. The van der Waals surface area contributed by atoms with Crippen molar-refractivity contribution in [3.05, 3.63) is 0 Å². The second kappa shape index (κ2) is 3.30. The van der Waals surface area contributed by atoms with E-state index in [1.165, 1.54) is 14.2 Å². The minimum atomic E-state index is -0.560. The van der Waals surface area contributed by atoms with Gasteiger partial charge in [0.25, 0.3) is 0 Å². The van der Waals surface area contributed by atoms with Gasteiger partial charge in [-0.25, -0.2) is 0 Å². The number of hydrogen-bond donors (Lipinski definition) is 1. The Balaban J connectivity index is 2.36. The molecule has 1 saturated heterocycles. The second-order valence-corrected chi connectivity index (χ2v) is 2.21. The van der Waals surface area contributed by atoms with Crippen LogP contribution in [0.4, 0.5) is 0 Å². The maximum atomic E-state index is 9.16. The van der Waals surface area contributed by atoms with Crippen molar-refractivity contribution in [1.29, 1.82) is 0 Å². The van der Waals surface area contributed by atoms with Crippen LogP contribution >= 0.6 is 0 Å². The third-order valence-electron chi connectivity index (χ3n) is 1.53. The lowest BCUT2D eigenvalue weighted by atomic mass is 10.3. The highest BCUT2D eigenvalue weighted by molar-refractivity contribution is 4.70. The minimum absolute atomic E-state index is 0.319. The molecule has 0 aliphatic carbocycles. The molecule has 0 aromatic rings. The Labute approximate surface area is 59.7 Å². The van der Waals surface area contributed by atoms with Gasteiger partial charge in [0.15, 0.2) is 12.6 Å². The number of aliphatic hydroxyl groups excluding tert-OH is 1. The van der Waals surface area contributed by atoms with E-state index in [1.807, 2.05) is 0 Å². The summed E-state index contributed by atoms with van der Waals surface area (Å²) < 4.78 is 14.7. The van der Waals surface area contributed by atoms with Crippen molar-refractivity contribution in [3.63, 3.8) is 0 Å². The van der Waals surface area contributed by atoms with Crippen LogP contribution in [0.1, 0.15) is 6.42 Å². The largest absolute Gasteiger partial charge is 0.388 e. The molecular formula is C6H12O4. The van der Waals surface area contributed by atoms with E-state index < -0.39 is 12.4 Å². The molecule has 1 rings (SSSR count). The molecule has 1 N–H and O–H groups in total. The fourth-order valence-corrected chi connectivity index (χ4v) is 0.969. The average Bonchev–Trinajstić information content (AvgIpc) is 2.30. The van der Waals surface area contributed by atoms with Gasteiger partial charge in [-0.2, -0.15) is 0 Å². The normalized spacial score (nSPS) is 40.5. The van der Waals surface area contributed by atoms with Crippen LogP contribution in [0.2, 0.25) is 0 Å². The monoisotopic (exact) mass is 148 g/mol.